The minimum absolute atomic E-state index is 0.175. The van der Waals surface area contributed by atoms with Crippen LogP contribution in [0.3, 0.4) is 0 Å². The van der Waals surface area contributed by atoms with Gasteiger partial charge in [0.25, 0.3) is 5.91 Å². The molecule has 0 fully saturated rings. The number of rotatable bonds is 4. The number of hydrogen-bond acceptors (Lipinski definition) is 4. The Morgan fingerprint density at radius 2 is 2.25 bits per heavy atom. The van der Waals surface area contributed by atoms with Gasteiger partial charge in [0.15, 0.2) is 11.5 Å². The summed E-state index contributed by atoms with van der Waals surface area (Å²) in [5.74, 6) is -0.0909. The standard InChI is InChI=1S/C11H16N4O/c1-5-8-6-13-11(15(4)7(2)3)9(14-8)10(12)16/h5-7H,1H2,2-4H3,(H2,12,16). The molecular formula is C11H16N4O. The molecular weight excluding hydrogens is 204 g/mol. The quantitative estimate of drug-likeness (QED) is 0.823. The lowest BCUT2D eigenvalue weighted by Gasteiger charge is -2.23. The predicted octanol–water partition coefficient (Wildman–Crippen LogP) is 1.06. The summed E-state index contributed by atoms with van der Waals surface area (Å²) in [6.07, 6.45) is 3.09. The summed E-state index contributed by atoms with van der Waals surface area (Å²) in [6.45, 7) is 7.56. The third-order valence-electron chi connectivity index (χ3n) is 2.32. The van der Waals surface area contributed by atoms with E-state index in [2.05, 4.69) is 16.5 Å². The molecule has 0 aliphatic rings. The van der Waals surface area contributed by atoms with Gasteiger partial charge < -0.3 is 10.6 Å². The first-order valence-corrected chi connectivity index (χ1v) is 4.99. The van der Waals surface area contributed by atoms with Gasteiger partial charge in [0.05, 0.1) is 11.9 Å². The monoisotopic (exact) mass is 220 g/mol. The molecule has 0 saturated heterocycles. The second-order valence-corrected chi connectivity index (χ2v) is 3.74. The molecule has 5 nitrogen and oxygen atoms in total. The van der Waals surface area contributed by atoms with E-state index in [1.165, 1.54) is 6.08 Å². The van der Waals surface area contributed by atoms with Crippen molar-refractivity contribution in [1.29, 1.82) is 0 Å². The molecule has 0 aromatic carbocycles. The number of amides is 1. The van der Waals surface area contributed by atoms with Crippen LogP contribution in [0.5, 0.6) is 0 Å². The fourth-order valence-corrected chi connectivity index (χ4v) is 1.16. The van der Waals surface area contributed by atoms with Crippen molar-refractivity contribution in [2.24, 2.45) is 5.73 Å². The molecule has 0 bridgehead atoms. The average Bonchev–Trinajstić information content (AvgIpc) is 2.26. The molecule has 0 atom stereocenters. The second kappa shape index (κ2) is 4.74. The fraction of sp³-hybridized carbons (Fsp3) is 0.364. The summed E-state index contributed by atoms with van der Waals surface area (Å²) in [5, 5.41) is 0. The number of carbonyl (C=O) groups is 1. The SMILES string of the molecule is C=Cc1cnc(N(C)C(C)C)c(C(N)=O)n1. The van der Waals surface area contributed by atoms with Gasteiger partial charge >= 0.3 is 0 Å². The molecule has 0 aliphatic carbocycles. The zero-order valence-corrected chi connectivity index (χ0v) is 9.77. The number of anilines is 1. The molecule has 1 heterocycles. The molecule has 0 spiro atoms. The number of nitrogens with zero attached hydrogens (tertiary/aromatic N) is 3. The van der Waals surface area contributed by atoms with E-state index < -0.39 is 5.91 Å². The topological polar surface area (TPSA) is 72.1 Å². The van der Waals surface area contributed by atoms with Crippen molar-refractivity contribution < 1.29 is 4.79 Å². The van der Waals surface area contributed by atoms with E-state index in [1.54, 1.807) is 6.20 Å². The Morgan fingerprint density at radius 1 is 1.62 bits per heavy atom. The van der Waals surface area contributed by atoms with Crippen LogP contribution in [0.15, 0.2) is 12.8 Å². The summed E-state index contributed by atoms with van der Waals surface area (Å²) in [4.78, 5) is 21.4. The van der Waals surface area contributed by atoms with E-state index in [0.717, 1.165) is 0 Å². The first-order chi connectivity index (χ1) is 7.47. The van der Waals surface area contributed by atoms with Crippen LogP contribution < -0.4 is 10.6 Å². The summed E-state index contributed by atoms with van der Waals surface area (Å²) in [6, 6.07) is 0.210. The number of primary amides is 1. The maximum absolute atomic E-state index is 11.3. The van der Waals surface area contributed by atoms with E-state index in [4.69, 9.17) is 5.73 Å². The third-order valence-corrected chi connectivity index (χ3v) is 2.32. The molecule has 16 heavy (non-hydrogen) atoms. The molecule has 1 rings (SSSR count). The molecule has 0 unspecified atom stereocenters. The van der Waals surface area contributed by atoms with Crippen molar-refractivity contribution in [3.05, 3.63) is 24.2 Å². The molecule has 0 aliphatic heterocycles. The lowest BCUT2D eigenvalue weighted by atomic mass is 10.3. The van der Waals surface area contributed by atoms with Crippen LogP contribution in [0.4, 0.5) is 5.82 Å². The molecule has 1 aromatic rings. The Kier molecular flexibility index (Phi) is 3.60. The van der Waals surface area contributed by atoms with Gasteiger partial charge in [0, 0.05) is 13.1 Å². The second-order valence-electron chi connectivity index (χ2n) is 3.74. The number of carbonyl (C=O) groups excluding carboxylic acids is 1. The van der Waals surface area contributed by atoms with Crippen molar-refractivity contribution >= 4 is 17.8 Å². The summed E-state index contributed by atoms with van der Waals surface area (Å²) >= 11 is 0. The predicted molar refractivity (Wildman–Crippen MR) is 64.2 cm³/mol. The molecule has 0 saturated carbocycles. The van der Waals surface area contributed by atoms with Crippen molar-refractivity contribution in [2.75, 3.05) is 11.9 Å². The van der Waals surface area contributed by atoms with Crippen LogP contribution in [0, 0.1) is 0 Å². The van der Waals surface area contributed by atoms with Crippen LogP contribution in [0.1, 0.15) is 30.0 Å². The third kappa shape index (κ3) is 2.36. The maximum atomic E-state index is 11.3. The fourth-order valence-electron chi connectivity index (χ4n) is 1.16. The molecule has 5 heteroatoms. The van der Waals surface area contributed by atoms with Gasteiger partial charge in [-0.25, -0.2) is 9.97 Å². The average molecular weight is 220 g/mol. The van der Waals surface area contributed by atoms with Crippen molar-refractivity contribution in [3.63, 3.8) is 0 Å². The van der Waals surface area contributed by atoms with Crippen molar-refractivity contribution in [2.45, 2.75) is 19.9 Å². The number of aromatic nitrogens is 2. The highest BCUT2D eigenvalue weighted by Gasteiger charge is 2.17. The Labute approximate surface area is 95.0 Å². The van der Waals surface area contributed by atoms with Crippen molar-refractivity contribution in [1.82, 2.24) is 9.97 Å². The van der Waals surface area contributed by atoms with Crippen LogP contribution in [-0.2, 0) is 0 Å². The number of hydrogen-bond donors (Lipinski definition) is 1. The smallest absolute Gasteiger partial charge is 0.271 e. The normalized spacial score (nSPS) is 10.2. The Bertz CT molecular complexity index is 414. The summed E-state index contributed by atoms with van der Waals surface area (Å²) < 4.78 is 0. The molecule has 2 N–H and O–H groups in total. The van der Waals surface area contributed by atoms with E-state index >= 15 is 0 Å². The van der Waals surface area contributed by atoms with Gasteiger partial charge in [-0.3, -0.25) is 4.79 Å². The first-order valence-electron chi connectivity index (χ1n) is 4.99. The minimum atomic E-state index is -0.585. The molecule has 0 radical (unpaired) electrons. The van der Waals surface area contributed by atoms with Gasteiger partial charge in [0.2, 0.25) is 0 Å². The Hall–Kier alpha value is -1.91. The van der Waals surface area contributed by atoms with Crippen molar-refractivity contribution in [3.8, 4) is 0 Å². The summed E-state index contributed by atoms with van der Waals surface area (Å²) in [5.41, 5.74) is 5.99. The lowest BCUT2D eigenvalue weighted by Crippen LogP contribution is -2.30. The number of nitrogens with two attached hydrogens (primary N) is 1. The van der Waals surface area contributed by atoms with Gasteiger partial charge in [-0.05, 0) is 19.9 Å². The Balaban J connectivity index is 3.28. The molecule has 86 valence electrons. The zero-order valence-electron chi connectivity index (χ0n) is 9.77. The Morgan fingerprint density at radius 3 is 2.69 bits per heavy atom. The highest BCUT2D eigenvalue weighted by molar-refractivity contribution is 5.95. The highest BCUT2D eigenvalue weighted by Crippen LogP contribution is 2.16. The van der Waals surface area contributed by atoms with Crippen LogP contribution in [-0.4, -0.2) is 29.0 Å². The van der Waals surface area contributed by atoms with E-state index in [-0.39, 0.29) is 11.7 Å². The van der Waals surface area contributed by atoms with E-state index in [9.17, 15) is 4.79 Å². The largest absolute Gasteiger partial charge is 0.364 e. The van der Waals surface area contributed by atoms with Gasteiger partial charge in [-0.1, -0.05) is 6.58 Å². The zero-order chi connectivity index (χ0) is 12.3. The van der Waals surface area contributed by atoms with Gasteiger partial charge in [0.1, 0.15) is 0 Å². The highest BCUT2D eigenvalue weighted by atomic mass is 16.1. The van der Waals surface area contributed by atoms with E-state index in [1.807, 2.05) is 25.8 Å². The van der Waals surface area contributed by atoms with E-state index in [0.29, 0.717) is 11.5 Å². The van der Waals surface area contributed by atoms with Crippen LogP contribution in [0.25, 0.3) is 6.08 Å². The first kappa shape index (κ1) is 12.2. The molecule has 1 aromatic heterocycles. The maximum Gasteiger partial charge on any atom is 0.271 e. The van der Waals surface area contributed by atoms with Crippen LogP contribution in [0.2, 0.25) is 0 Å². The lowest BCUT2D eigenvalue weighted by molar-refractivity contribution is 0.0995. The van der Waals surface area contributed by atoms with Gasteiger partial charge in [-0.15, -0.1) is 0 Å². The minimum Gasteiger partial charge on any atom is -0.364 e. The summed E-state index contributed by atoms with van der Waals surface area (Å²) in [7, 11) is 1.84. The van der Waals surface area contributed by atoms with Gasteiger partial charge in [-0.2, -0.15) is 0 Å². The molecule has 1 amide bonds. The van der Waals surface area contributed by atoms with Crippen LogP contribution >= 0.6 is 0 Å².